The number of amides is 4. The fourth-order valence-corrected chi connectivity index (χ4v) is 7.56. The van der Waals surface area contributed by atoms with Crippen molar-refractivity contribution < 1.29 is 33.8 Å². The van der Waals surface area contributed by atoms with Crippen LogP contribution in [0.1, 0.15) is 94.9 Å². The van der Waals surface area contributed by atoms with Gasteiger partial charge >= 0.3 is 0 Å². The highest BCUT2D eigenvalue weighted by molar-refractivity contribution is 5.90. The zero-order valence-electron chi connectivity index (χ0n) is 36.3. The molecular weight excluding hydrogens is 686 g/mol. The number of likely N-dealkylation sites (tertiary alicyclic amines) is 1. The maximum atomic E-state index is 14.2. The zero-order valence-corrected chi connectivity index (χ0v) is 36.3. The van der Waals surface area contributed by atoms with Crippen LogP contribution in [-0.4, -0.2) is 134 Å². The number of rotatable bonds is 22. The fraction of sp³-hybridized carbons (Fsp3) is 0.762. The van der Waals surface area contributed by atoms with Gasteiger partial charge in [-0.15, -0.1) is 0 Å². The summed E-state index contributed by atoms with van der Waals surface area (Å²) in [6.45, 7) is 27.2. The SMILES string of the molecule is C=C/C=C(\C=C)C(O)C(C)NC(=O)C(C)C(OC)C1CCCN1C(=O)CC(OC)C(C(C)CC)N(C)C(=O)[C@@H](NC(=O)C(C(C)C)N(C)C)C(C)C.CC. The molecule has 12 heteroatoms. The number of methoxy groups -OCH3 is 2. The van der Waals surface area contributed by atoms with Crippen molar-refractivity contribution in [3.8, 4) is 0 Å². The standard InChI is InChI=1S/C40H71N5O7.C2H6/c1-16-20-29(18-3)36(47)28(10)41-38(48)27(9)37(52-15)30-21-19-22-45(30)32(46)23-31(51-14)35(26(8)17-2)44(13)40(50)33(24(4)5)42-39(49)34(25(6)7)43(11)12;1-2/h16,18,20,24-28,30-31,33-37,47H,1,3,17,19,21-23H2,2,4-15H3,(H,41,48)(H,42,49);1-2H3/b29-20+;/t26?,27?,28?,30?,31?,33-,34?,35?,36?,37?;/m0./s1. The molecule has 1 saturated heterocycles. The number of ether oxygens (including phenoxy) is 2. The molecule has 3 N–H and O–H groups in total. The second-order valence-corrected chi connectivity index (χ2v) is 15.3. The van der Waals surface area contributed by atoms with E-state index in [4.69, 9.17) is 9.47 Å². The molecule has 1 aliphatic rings. The van der Waals surface area contributed by atoms with Gasteiger partial charge in [-0.25, -0.2) is 0 Å². The molecule has 0 bridgehead atoms. The molecule has 0 spiro atoms. The second-order valence-electron chi connectivity index (χ2n) is 15.3. The lowest BCUT2D eigenvalue weighted by Crippen LogP contribution is -2.59. The molecule has 54 heavy (non-hydrogen) atoms. The molecule has 4 amide bonds. The normalized spacial score (nSPS) is 19.7. The Balaban J connectivity index is 0.0000138. The quantitative estimate of drug-likeness (QED) is 0.133. The van der Waals surface area contributed by atoms with Crippen LogP contribution >= 0.6 is 0 Å². The third-order valence-electron chi connectivity index (χ3n) is 10.7. The van der Waals surface area contributed by atoms with Crippen molar-refractivity contribution in [3.05, 3.63) is 37.0 Å². The Kier molecular flexibility index (Phi) is 23.7. The lowest BCUT2D eigenvalue weighted by Gasteiger charge is -2.41. The van der Waals surface area contributed by atoms with Crippen LogP contribution in [0.5, 0.6) is 0 Å². The van der Waals surface area contributed by atoms with Gasteiger partial charge in [-0.1, -0.05) is 100 Å². The van der Waals surface area contributed by atoms with Gasteiger partial charge in [0, 0.05) is 27.8 Å². The molecular formula is C42H77N5O7. The number of nitrogens with zero attached hydrogens (tertiary/aromatic N) is 3. The average Bonchev–Trinajstić information content (AvgIpc) is 3.61. The zero-order chi connectivity index (χ0) is 42.0. The lowest BCUT2D eigenvalue weighted by molar-refractivity contribution is -0.148. The van der Waals surface area contributed by atoms with E-state index in [0.717, 1.165) is 12.8 Å². The largest absolute Gasteiger partial charge is 0.386 e. The van der Waals surface area contributed by atoms with Crippen molar-refractivity contribution >= 4 is 23.6 Å². The van der Waals surface area contributed by atoms with Crippen LogP contribution in [0.2, 0.25) is 0 Å². The van der Waals surface area contributed by atoms with Crippen molar-refractivity contribution in [1.29, 1.82) is 0 Å². The summed E-state index contributed by atoms with van der Waals surface area (Å²) >= 11 is 0. The predicted molar refractivity (Wildman–Crippen MR) is 219 cm³/mol. The highest BCUT2D eigenvalue weighted by atomic mass is 16.5. The highest BCUT2D eigenvalue weighted by Gasteiger charge is 2.43. The Morgan fingerprint density at radius 3 is 1.96 bits per heavy atom. The van der Waals surface area contributed by atoms with Gasteiger partial charge in [0.2, 0.25) is 23.6 Å². The van der Waals surface area contributed by atoms with Gasteiger partial charge in [0.15, 0.2) is 0 Å². The molecule has 312 valence electrons. The first-order valence-electron chi connectivity index (χ1n) is 19.9. The summed E-state index contributed by atoms with van der Waals surface area (Å²) in [4.78, 5) is 60.5. The van der Waals surface area contributed by atoms with E-state index >= 15 is 0 Å². The van der Waals surface area contributed by atoms with Gasteiger partial charge in [-0.05, 0) is 57.2 Å². The molecule has 0 saturated carbocycles. The van der Waals surface area contributed by atoms with Gasteiger partial charge in [0.25, 0.3) is 0 Å². The summed E-state index contributed by atoms with van der Waals surface area (Å²) in [6, 6.07) is -2.57. The van der Waals surface area contributed by atoms with Crippen molar-refractivity contribution in [3.63, 3.8) is 0 Å². The summed E-state index contributed by atoms with van der Waals surface area (Å²) in [7, 11) is 8.53. The van der Waals surface area contributed by atoms with Gasteiger partial charge in [-0.2, -0.15) is 0 Å². The molecule has 1 fully saturated rings. The van der Waals surface area contributed by atoms with Gasteiger partial charge in [-0.3, -0.25) is 24.1 Å². The summed E-state index contributed by atoms with van der Waals surface area (Å²) < 4.78 is 11.9. The number of carbonyl (C=O) groups is 4. The number of hydrogen-bond acceptors (Lipinski definition) is 8. The van der Waals surface area contributed by atoms with Crippen molar-refractivity contribution in [1.82, 2.24) is 25.3 Å². The predicted octanol–water partition coefficient (Wildman–Crippen LogP) is 4.82. The van der Waals surface area contributed by atoms with Crippen LogP contribution < -0.4 is 10.6 Å². The van der Waals surface area contributed by atoms with E-state index in [-0.39, 0.29) is 53.8 Å². The second kappa shape index (κ2) is 25.2. The number of aliphatic hydroxyl groups is 1. The minimum absolute atomic E-state index is 0.0224. The van der Waals surface area contributed by atoms with E-state index in [2.05, 4.69) is 23.8 Å². The molecule has 0 radical (unpaired) electrons. The highest BCUT2D eigenvalue weighted by Crippen LogP contribution is 2.30. The number of allylic oxidation sites excluding steroid dienone is 2. The molecule has 12 nitrogen and oxygen atoms in total. The summed E-state index contributed by atoms with van der Waals surface area (Å²) in [5.74, 6) is -1.67. The van der Waals surface area contributed by atoms with E-state index in [1.807, 2.05) is 74.4 Å². The van der Waals surface area contributed by atoms with Crippen molar-refractivity contribution in [2.45, 2.75) is 143 Å². The van der Waals surface area contributed by atoms with Crippen LogP contribution in [0.3, 0.4) is 0 Å². The first-order valence-corrected chi connectivity index (χ1v) is 19.9. The van der Waals surface area contributed by atoms with Crippen LogP contribution in [0.25, 0.3) is 0 Å². The average molecular weight is 764 g/mol. The number of aliphatic hydroxyl groups excluding tert-OH is 1. The maximum Gasteiger partial charge on any atom is 0.245 e. The minimum Gasteiger partial charge on any atom is -0.386 e. The first-order chi connectivity index (χ1) is 25.3. The molecule has 0 aromatic carbocycles. The lowest BCUT2D eigenvalue weighted by atomic mass is 9.89. The summed E-state index contributed by atoms with van der Waals surface area (Å²) in [5.41, 5.74) is 0.538. The molecule has 1 aliphatic heterocycles. The van der Waals surface area contributed by atoms with Crippen molar-refractivity contribution in [2.75, 3.05) is 41.9 Å². The fourth-order valence-electron chi connectivity index (χ4n) is 7.56. The van der Waals surface area contributed by atoms with Gasteiger partial charge in [0.1, 0.15) is 6.04 Å². The number of carbonyl (C=O) groups excluding carboxylic acids is 4. The van der Waals surface area contributed by atoms with Crippen LogP contribution in [0.4, 0.5) is 0 Å². The van der Waals surface area contributed by atoms with Gasteiger partial charge in [0.05, 0.1) is 54.8 Å². The third-order valence-corrected chi connectivity index (χ3v) is 10.7. The molecule has 1 rings (SSSR count). The smallest absolute Gasteiger partial charge is 0.245 e. The third kappa shape index (κ3) is 13.9. The molecule has 0 aromatic heterocycles. The Hall–Kier alpha value is -3.06. The van der Waals surface area contributed by atoms with Crippen LogP contribution in [0, 0.1) is 23.7 Å². The Bertz CT molecular complexity index is 1210. The van der Waals surface area contributed by atoms with E-state index in [9.17, 15) is 24.3 Å². The molecule has 1 heterocycles. The van der Waals surface area contributed by atoms with E-state index in [0.29, 0.717) is 18.5 Å². The van der Waals surface area contributed by atoms with E-state index in [1.165, 1.54) is 6.08 Å². The molecule has 10 atom stereocenters. The Morgan fingerprint density at radius 1 is 0.926 bits per heavy atom. The Labute approximate surface area is 328 Å². The van der Waals surface area contributed by atoms with Gasteiger partial charge < -0.3 is 35.0 Å². The van der Waals surface area contributed by atoms with Crippen LogP contribution in [0.15, 0.2) is 37.0 Å². The monoisotopic (exact) mass is 764 g/mol. The number of likely N-dealkylation sites (N-methyl/N-ethyl adjacent to an activating group) is 2. The first kappa shape index (κ1) is 50.9. The van der Waals surface area contributed by atoms with E-state index in [1.54, 1.807) is 57.1 Å². The van der Waals surface area contributed by atoms with Crippen molar-refractivity contribution in [2.24, 2.45) is 23.7 Å². The summed E-state index contributed by atoms with van der Waals surface area (Å²) in [6.07, 6.45) is 4.69. The maximum absolute atomic E-state index is 14.2. The molecule has 0 aromatic rings. The number of nitrogens with one attached hydrogen (secondary N) is 2. The summed E-state index contributed by atoms with van der Waals surface area (Å²) in [5, 5.41) is 16.7. The van der Waals surface area contributed by atoms with E-state index < -0.39 is 48.4 Å². The van der Waals surface area contributed by atoms with Crippen LogP contribution in [-0.2, 0) is 28.7 Å². The Morgan fingerprint density at radius 2 is 1.52 bits per heavy atom. The minimum atomic E-state index is -0.978. The topological polar surface area (TPSA) is 141 Å². The molecule has 0 aliphatic carbocycles. The molecule has 9 unspecified atom stereocenters. The number of hydrogen-bond donors (Lipinski definition) is 3.